The Kier molecular flexibility index (Phi) is 5.58. The highest BCUT2D eigenvalue weighted by molar-refractivity contribution is 7.15. The lowest BCUT2D eigenvalue weighted by Gasteiger charge is -2.18. The first-order chi connectivity index (χ1) is 15.1. The molecule has 0 atom stereocenters. The SMILES string of the molecule is Cc1nc(C2CCCCC2)sc1C(=O)Nc1nc(-c2ccc3c(c2)CCC(=O)N3)cs1. The van der Waals surface area contributed by atoms with E-state index in [0.717, 1.165) is 39.6 Å². The zero-order chi connectivity index (χ0) is 21.4. The van der Waals surface area contributed by atoms with Crippen LogP contribution in [-0.2, 0) is 11.2 Å². The van der Waals surface area contributed by atoms with E-state index in [1.165, 1.54) is 54.8 Å². The molecule has 1 aliphatic heterocycles. The van der Waals surface area contributed by atoms with Gasteiger partial charge >= 0.3 is 0 Å². The van der Waals surface area contributed by atoms with Gasteiger partial charge in [0.25, 0.3) is 5.91 Å². The van der Waals surface area contributed by atoms with Gasteiger partial charge in [-0.25, -0.2) is 9.97 Å². The fourth-order valence-electron chi connectivity index (χ4n) is 4.31. The van der Waals surface area contributed by atoms with Gasteiger partial charge in [-0.3, -0.25) is 14.9 Å². The van der Waals surface area contributed by atoms with Crippen molar-refractivity contribution in [3.8, 4) is 11.3 Å². The predicted octanol–water partition coefficient (Wildman–Crippen LogP) is 5.76. The molecule has 0 bridgehead atoms. The number of hydrogen-bond acceptors (Lipinski definition) is 6. The van der Waals surface area contributed by atoms with Crippen molar-refractivity contribution < 1.29 is 9.59 Å². The molecule has 0 saturated heterocycles. The van der Waals surface area contributed by atoms with Gasteiger partial charge in [0.05, 0.1) is 16.4 Å². The molecule has 8 heteroatoms. The van der Waals surface area contributed by atoms with Gasteiger partial charge in [-0.05, 0) is 43.9 Å². The molecule has 1 aromatic carbocycles. The van der Waals surface area contributed by atoms with Crippen LogP contribution < -0.4 is 10.6 Å². The van der Waals surface area contributed by atoms with Gasteiger partial charge < -0.3 is 5.32 Å². The Bertz CT molecular complexity index is 1140. The molecule has 160 valence electrons. The highest BCUT2D eigenvalue weighted by Crippen LogP contribution is 2.36. The smallest absolute Gasteiger partial charge is 0.269 e. The van der Waals surface area contributed by atoms with E-state index in [0.29, 0.717) is 22.3 Å². The van der Waals surface area contributed by atoms with Gasteiger partial charge in [-0.2, -0.15) is 0 Å². The van der Waals surface area contributed by atoms with Crippen LogP contribution in [0.4, 0.5) is 10.8 Å². The highest BCUT2D eigenvalue weighted by atomic mass is 32.1. The molecule has 2 N–H and O–H groups in total. The monoisotopic (exact) mass is 452 g/mol. The molecule has 1 fully saturated rings. The fraction of sp³-hybridized carbons (Fsp3) is 0.391. The van der Waals surface area contributed by atoms with Crippen molar-refractivity contribution in [1.82, 2.24) is 9.97 Å². The van der Waals surface area contributed by atoms with Crippen LogP contribution in [0.25, 0.3) is 11.3 Å². The van der Waals surface area contributed by atoms with Gasteiger partial charge in [-0.1, -0.05) is 25.3 Å². The van der Waals surface area contributed by atoms with Crippen LogP contribution in [0.3, 0.4) is 0 Å². The summed E-state index contributed by atoms with van der Waals surface area (Å²) in [6.07, 6.45) is 7.40. The second-order valence-electron chi connectivity index (χ2n) is 8.21. The second kappa shape index (κ2) is 8.51. The maximum Gasteiger partial charge on any atom is 0.269 e. The fourth-order valence-corrected chi connectivity index (χ4v) is 6.16. The van der Waals surface area contributed by atoms with Gasteiger partial charge in [0.2, 0.25) is 5.91 Å². The number of amides is 2. The Morgan fingerprint density at radius 3 is 2.84 bits per heavy atom. The first kappa shape index (κ1) is 20.3. The molecule has 1 saturated carbocycles. The minimum atomic E-state index is -0.133. The molecule has 1 aliphatic carbocycles. The Labute approximate surface area is 189 Å². The number of thiazole rings is 2. The number of anilines is 2. The van der Waals surface area contributed by atoms with Crippen molar-refractivity contribution in [2.24, 2.45) is 0 Å². The topological polar surface area (TPSA) is 84.0 Å². The summed E-state index contributed by atoms with van der Waals surface area (Å²) in [5.74, 6) is 0.425. The zero-order valence-electron chi connectivity index (χ0n) is 17.4. The minimum Gasteiger partial charge on any atom is -0.326 e. The van der Waals surface area contributed by atoms with Crippen LogP contribution >= 0.6 is 22.7 Å². The molecule has 6 nitrogen and oxygen atoms in total. The molecule has 31 heavy (non-hydrogen) atoms. The molecule has 2 amide bonds. The summed E-state index contributed by atoms with van der Waals surface area (Å²) in [6.45, 7) is 1.91. The number of benzene rings is 1. The minimum absolute atomic E-state index is 0.0592. The number of fused-ring (bicyclic) bond motifs is 1. The van der Waals surface area contributed by atoms with Crippen LogP contribution in [0.1, 0.15) is 70.4 Å². The third-order valence-corrected chi connectivity index (χ3v) is 8.07. The molecule has 2 aromatic heterocycles. The summed E-state index contributed by atoms with van der Waals surface area (Å²) in [5.41, 5.74) is 4.60. The predicted molar refractivity (Wildman–Crippen MR) is 125 cm³/mol. The molecule has 3 heterocycles. The molecule has 5 rings (SSSR count). The largest absolute Gasteiger partial charge is 0.326 e. The summed E-state index contributed by atoms with van der Waals surface area (Å²) in [7, 11) is 0. The van der Waals surface area contributed by atoms with E-state index in [2.05, 4.69) is 21.7 Å². The van der Waals surface area contributed by atoms with Crippen LogP contribution in [0, 0.1) is 6.92 Å². The average Bonchev–Trinajstić information content (AvgIpc) is 3.40. The van der Waals surface area contributed by atoms with Gasteiger partial charge in [-0.15, -0.1) is 22.7 Å². The van der Waals surface area contributed by atoms with Gasteiger partial charge in [0.15, 0.2) is 5.13 Å². The Balaban J connectivity index is 1.30. The second-order valence-corrected chi connectivity index (χ2v) is 10.1. The summed E-state index contributed by atoms with van der Waals surface area (Å²) in [4.78, 5) is 34.4. The lowest BCUT2D eigenvalue weighted by atomic mass is 9.90. The van der Waals surface area contributed by atoms with Gasteiger partial charge in [0, 0.05) is 29.0 Å². The standard InChI is InChI=1S/C23H24N4O2S2/c1-13-20(31-22(24-13)14-5-3-2-4-6-14)21(29)27-23-26-18(12-30-23)16-7-9-17-15(11-16)8-10-19(28)25-17/h7,9,11-12,14H,2-6,8,10H2,1H3,(H,25,28)(H,26,27,29). The van der Waals surface area contributed by atoms with E-state index < -0.39 is 0 Å². The number of carbonyl (C=O) groups is 2. The molecule has 0 unspecified atom stereocenters. The Morgan fingerprint density at radius 1 is 1.16 bits per heavy atom. The van der Waals surface area contributed by atoms with Crippen molar-refractivity contribution >= 4 is 45.3 Å². The number of aromatic nitrogens is 2. The zero-order valence-corrected chi connectivity index (χ0v) is 19.0. The summed E-state index contributed by atoms with van der Waals surface area (Å²) >= 11 is 2.95. The first-order valence-electron chi connectivity index (χ1n) is 10.7. The van der Waals surface area contributed by atoms with E-state index in [9.17, 15) is 9.59 Å². The first-order valence-corrected chi connectivity index (χ1v) is 12.4. The molecule has 0 spiro atoms. The van der Waals surface area contributed by atoms with Crippen molar-refractivity contribution in [1.29, 1.82) is 0 Å². The number of rotatable bonds is 4. The molecule has 3 aromatic rings. The Hall–Kier alpha value is -2.58. The third-order valence-electron chi connectivity index (χ3n) is 5.99. The summed E-state index contributed by atoms with van der Waals surface area (Å²) in [6, 6.07) is 5.95. The van der Waals surface area contributed by atoms with E-state index in [4.69, 9.17) is 4.98 Å². The Morgan fingerprint density at radius 2 is 2.00 bits per heavy atom. The highest BCUT2D eigenvalue weighted by Gasteiger charge is 2.23. The molecular weight excluding hydrogens is 428 g/mol. The summed E-state index contributed by atoms with van der Waals surface area (Å²) < 4.78 is 0. The van der Waals surface area contributed by atoms with Crippen molar-refractivity contribution in [2.75, 3.05) is 10.6 Å². The summed E-state index contributed by atoms with van der Waals surface area (Å²) in [5, 5.41) is 9.49. The molecular formula is C23H24N4O2S2. The number of nitrogens with one attached hydrogen (secondary N) is 2. The van der Waals surface area contributed by atoms with Crippen LogP contribution in [0.5, 0.6) is 0 Å². The van der Waals surface area contributed by atoms with Gasteiger partial charge in [0.1, 0.15) is 4.88 Å². The molecule has 2 aliphatic rings. The van der Waals surface area contributed by atoms with E-state index in [-0.39, 0.29) is 11.8 Å². The maximum atomic E-state index is 12.9. The van der Waals surface area contributed by atoms with Crippen molar-refractivity contribution in [3.63, 3.8) is 0 Å². The van der Waals surface area contributed by atoms with Crippen LogP contribution in [0.2, 0.25) is 0 Å². The van der Waals surface area contributed by atoms with E-state index in [1.807, 2.05) is 24.4 Å². The van der Waals surface area contributed by atoms with E-state index in [1.54, 1.807) is 0 Å². The number of nitrogens with zero attached hydrogens (tertiary/aromatic N) is 2. The lowest BCUT2D eigenvalue weighted by molar-refractivity contribution is -0.116. The van der Waals surface area contributed by atoms with Crippen molar-refractivity contribution in [2.45, 2.75) is 57.8 Å². The normalized spacial score (nSPS) is 16.6. The number of hydrogen-bond donors (Lipinski definition) is 2. The van der Waals surface area contributed by atoms with Crippen LogP contribution in [-0.4, -0.2) is 21.8 Å². The molecule has 0 radical (unpaired) electrons. The number of carbonyl (C=O) groups excluding carboxylic acids is 2. The van der Waals surface area contributed by atoms with Crippen LogP contribution in [0.15, 0.2) is 23.6 Å². The average molecular weight is 453 g/mol. The van der Waals surface area contributed by atoms with E-state index >= 15 is 0 Å². The lowest BCUT2D eigenvalue weighted by Crippen LogP contribution is -2.18. The maximum absolute atomic E-state index is 12.9. The number of aryl methyl sites for hydroxylation is 2. The van der Waals surface area contributed by atoms with Crippen molar-refractivity contribution in [3.05, 3.63) is 44.7 Å². The third kappa shape index (κ3) is 4.27. The quantitative estimate of drug-likeness (QED) is 0.527.